The molecule has 1 heterocycles. The van der Waals surface area contributed by atoms with Gasteiger partial charge >= 0.3 is 0 Å². The Morgan fingerprint density at radius 3 is 2.42 bits per heavy atom. The summed E-state index contributed by atoms with van der Waals surface area (Å²) in [6.07, 6.45) is 6.46. The lowest BCUT2D eigenvalue weighted by Gasteiger charge is -2.15. The van der Waals surface area contributed by atoms with Crippen molar-refractivity contribution in [2.24, 2.45) is 0 Å². The molecule has 0 radical (unpaired) electrons. The van der Waals surface area contributed by atoms with E-state index in [0.29, 0.717) is 6.04 Å². The van der Waals surface area contributed by atoms with Crippen molar-refractivity contribution in [1.82, 2.24) is 5.32 Å². The van der Waals surface area contributed by atoms with E-state index in [-0.39, 0.29) is 0 Å². The maximum atomic E-state index is 11.9. The van der Waals surface area contributed by atoms with Gasteiger partial charge in [-0.15, -0.1) is 0 Å². The third-order valence-electron chi connectivity index (χ3n) is 4.54. The zero-order chi connectivity index (χ0) is 13.5. The standard InChI is InChI=1S/C15H21NO2S/c1-19(17,18)15(8-9-15)13-6-4-12(5-7-13)11-14-3-2-10-16-14/h4-7,14,16H,2-3,8-11H2,1H3. The van der Waals surface area contributed by atoms with Crippen LogP contribution in [0.15, 0.2) is 24.3 Å². The number of benzene rings is 1. The molecule has 1 aliphatic carbocycles. The van der Waals surface area contributed by atoms with Crippen LogP contribution in [0.4, 0.5) is 0 Å². The summed E-state index contributed by atoms with van der Waals surface area (Å²) in [5, 5.41) is 3.49. The molecule has 1 N–H and O–H groups in total. The van der Waals surface area contributed by atoms with Crippen molar-refractivity contribution in [3.8, 4) is 0 Å². The Kier molecular flexibility index (Phi) is 3.18. The summed E-state index contributed by atoms with van der Waals surface area (Å²) in [5.41, 5.74) is 2.27. The average molecular weight is 279 g/mol. The van der Waals surface area contributed by atoms with Crippen LogP contribution in [0.5, 0.6) is 0 Å². The van der Waals surface area contributed by atoms with Crippen LogP contribution in [-0.2, 0) is 21.0 Å². The zero-order valence-corrected chi connectivity index (χ0v) is 12.2. The third-order valence-corrected chi connectivity index (χ3v) is 6.60. The Bertz CT molecular complexity index is 552. The van der Waals surface area contributed by atoms with Crippen LogP contribution in [0.3, 0.4) is 0 Å². The molecule has 3 rings (SSSR count). The van der Waals surface area contributed by atoms with E-state index in [0.717, 1.165) is 31.4 Å². The van der Waals surface area contributed by atoms with Crippen LogP contribution < -0.4 is 5.32 Å². The van der Waals surface area contributed by atoms with Crippen LogP contribution in [0.25, 0.3) is 0 Å². The first-order valence-electron chi connectivity index (χ1n) is 7.04. The van der Waals surface area contributed by atoms with E-state index in [1.807, 2.05) is 12.1 Å². The topological polar surface area (TPSA) is 46.2 Å². The van der Waals surface area contributed by atoms with Gasteiger partial charge in [0.25, 0.3) is 0 Å². The smallest absolute Gasteiger partial charge is 0.157 e. The SMILES string of the molecule is CS(=O)(=O)C1(c2ccc(CC3CCCN3)cc2)CC1. The summed E-state index contributed by atoms with van der Waals surface area (Å²) < 4.78 is 23.2. The molecule has 19 heavy (non-hydrogen) atoms. The molecular weight excluding hydrogens is 258 g/mol. The van der Waals surface area contributed by atoms with Gasteiger partial charge in [-0.2, -0.15) is 0 Å². The molecule has 0 amide bonds. The largest absolute Gasteiger partial charge is 0.314 e. The summed E-state index contributed by atoms with van der Waals surface area (Å²) in [6, 6.07) is 8.81. The molecule has 1 aliphatic heterocycles. The van der Waals surface area contributed by atoms with E-state index >= 15 is 0 Å². The normalized spacial score (nSPS) is 25.4. The number of nitrogens with one attached hydrogen (secondary N) is 1. The second-order valence-electron chi connectivity index (χ2n) is 5.96. The van der Waals surface area contributed by atoms with Gasteiger partial charge in [0.1, 0.15) is 0 Å². The van der Waals surface area contributed by atoms with E-state index in [9.17, 15) is 8.42 Å². The molecule has 0 bridgehead atoms. The highest BCUT2D eigenvalue weighted by molar-refractivity contribution is 7.92. The van der Waals surface area contributed by atoms with Crippen molar-refractivity contribution >= 4 is 9.84 Å². The van der Waals surface area contributed by atoms with E-state index in [1.165, 1.54) is 24.7 Å². The van der Waals surface area contributed by atoms with E-state index < -0.39 is 14.6 Å². The molecule has 0 aromatic heterocycles. The average Bonchev–Trinajstić information content (AvgIpc) is 3.04. The molecular formula is C15H21NO2S. The van der Waals surface area contributed by atoms with E-state index in [1.54, 1.807) is 0 Å². The summed E-state index contributed by atoms with van der Waals surface area (Å²) in [7, 11) is -2.99. The lowest BCUT2D eigenvalue weighted by molar-refractivity contribution is 0.586. The number of hydrogen-bond acceptors (Lipinski definition) is 3. The van der Waals surface area contributed by atoms with Crippen LogP contribution in [-0.4, -0.2) is 27.3 Å². The summed E-state index contributed by atoms with van der Waals surface area (Å²) in [4.78, 5) is 0. The molecule has 0 spiro atoms. The van der Waals surface area contributed by atoms with Gasteiger partial charge in [-0.05, 0) is 49.8 Å². The third kappa shape index (κ3) is 2.43. The maximum absolute atomic E-state index is 11.9. The van der Waals surface area contributed by atoms with Gasteiger partial charge in [0.15, 0.2) is 9.84 Å². The number of sulfone groups is 1. The Morgan fingerprint density at radius 2 is 1.95 bits per heavy atom. The van der Waals surface area contributed by atoms with Gasteiger partial charge < -0.3 is 5.32 Å². The van der Waals surface area contributed by atoms with Gasteiger partial charge in [-0.1, -0.05) is 24.3 Å². The van der Waals surface area contributed by atoms with Crippen molar-refractivity contribution in [3.63, 3.8) is 0 Å². The molecule has 4 heteroatoms. The van der Waals surface area contributed by atoms with Crippen LogP contribution in [0, 0.1) is 0 Å². The minimum atomic E-state index is -2.99. The van der Waals surface area contributed by atoms with Gasteiger partial charge in [0.2, 0.25) is 0 Å². The molecule has 104 valence electrons. The predicted molar refractivity (Wildman–Crippen MR) is 76.9 cm³/mol. The van der Waals surface area contributed by atoms with E-state index in [4.69, 9.17) is 0 Å². The van der Waals surface area contributed by atoms with Gasteiger partial charge in [0.05, 0.1) is 4.75 Å². The Labute approximate surface area is 115 Å². The monoisotopic (exact) mass is 279 g/mol. The van der Waals surface area contributed by atoms with Gasteiger partial charge in [-0.3, -0.25) is 0 Å². The highest BCUT2D eigenvalue weighted by atomic mass is 32.2. The lowest BCUT2D eigenvalue weighted by atomic mass is 10.0. The van der Waals surface area contributed by atoms with Crippen molar-refractivity contribution < 1.29 is 8.42 Å². The minimum Gasteiger partial charge on any atom is -0.314 e. The highest BCUT2D eigenvalue weighted by Crippen LogP contribution is 2.52. The zero-order valence-electron chi connectivity index (χ0n) is 11.4. The van der Waals surface area contributed by atoms with Crippen LogP contribution in [0.2, 0.25) is 0 Å². The van der Waals surface area contributed by atoms with Crippen molar-refractivity contribution in [2.45, 2.75) is 42.9 Å². The molecule has 1 unspecified atom stereocenters. The first-order chi connectivity index (χ1) is 9.01. The first-order valence-corrected chi connectivity index (χ1v) is 8.93. The second kappa shape index (κ2) is 4.60. The second-order valence-corrected chi connectivity index (χ2v) is 8.29. The highest BCUT2D eigenvalue weighted by Gasteiger charge is 2.53. The predicted octanol–water partition coefficient (Wildman–Crippen LogP) is 2.01. The van der Waals surface area contributed by atoms with Crippen molar-refractivity contribution in [3.05, 3.63) is 35.4 Å². The van der Waals surface area contributed by atoms with Crippen LogP contribution in [0.1, 0.15) is 36.8 Å². The van der Waals surface area contributed by atoms with E-state index in [2.05, 4.69) is 17.4 Å². The summed E-state index contributed by atoms with van der Waals surface area (Å²) >= 11 is 0. The lowest BCUT2D eigenvalue weighted by Crippen LogP contribution is -2.23. The van der Waals surface area contributed by atoms with Crippen LogP contribution >= 0.6 is 0 Å². The molecule has 2 aliphatic rings. The Balaban J connectivity index is 1.76. The fraction of sp³-hybridized carbons (Fsp3) is 0.600. The first kappa shape index (κ1) is 13.1. The molecule has 1 atom stereocenters. The number of hydrogen-bond donors (Lipinski definition) is 1. The Hall–Kier alpha value is -0.870. The quantitative estimate of drug-likeness (QED) is 0.917. The number of rotatable bonds is 4. The van der Waals surface area contributed by atoms with Gasteiger partial charge in [-0.25, -0.2) is 8.42 Å². The molecule has 1 aromatic carbocycles. The van der Waals surface area contributed by atoms with Gasteiger partial charge in [0, 0.05) is 12.3 Å². The minimum absolute atomic E-state index is 0.572. The molecule has 1 saturated carbocycles. The fourth-order valence-corrected chi connectivity index (χ4v) is 4.55. The molecule has 1 saturated heterocycles. The summed E-state index contributed by atoms with van der Waals surface area (Å²) in [5.74, 6) is 0. The maximum Gasteiger partial charge on any atom is 0.157 e. The Morgan fingerprint density at radius 1 is 1.26 bits per heavy atom. The molecule has 3 nitrogen and oxygen atoms in total. The van der Waals surface area contributed by atoms with Crippen molar-refractivity contribution in [1.29, 1.82) is 0 Å². The molecule has 1 aromatic rings. The molecule has 2 fully saturated rings. The van der Waals surface area contributed by atoms with Crippen molar-refractivity contribution in [2.75, 3.05) is 12.8 Å². The fourth-order valence-electron chi connectivity index (χ4n) is 3.15. The summed E-state index contributed by atoms with van der Waals surface area (Å²) in [6.45, 7) is 1.12.